The van der Waals surface area contributed by atoms with Crippen molar-refractivity contribution < 1.29 is 13.9 Å². The topological polar surface area (TPSA) is 18.5 Å². The molecule has 0 radical (unpaired) electrons. The van der Waals surface area contributed by atoms with E-state index in [1.807, 2.05) is 24.3 Å². The highest BCUT2D eigenvalue weighted by Crippen LogP contribution is 2.49. The third-order valence-electron chi connectivity index (χ3n) is 4.01. The van der Waals surface area contributed by atoms with Gasteiger partial charge in [0.2, 0.25) is 0 Å². The molecule has 1 aliphatic rings. The minimum atomic E-state index is -0.358. The summed E-state index contributed by atoms with van der Waals surface area (Å²) < 4.78 is 24.5. The first-order valence-electron chi connectivity index (χ1n) is 6.61. The Labute approximate surface area is 118 Å². The predicted molar refractivity (Wildman–Crippen MR) is 76.4 cm³/mol. The highest BCUT2D eigenvalue weighted by atomic mass is 19.1. The number of fused-ring (bicyclic) bond motifs is 3. The van der Waals surface area contributed by atoms with Gasteiger partial charge in [0.1, 0.15) is 5.82 Å². The Morgan fingerprint density at radius 3 is 2.25 bits per heavy atom. The Bertz CT molecular complexity index is 631. The lowest BCUT2D eigenvalue weighted by atomic mass is 9.79. The molecule has 20 heavy (non-hydrogen) atoms. The lowest BCUT2D eigenvalue weighted by Gasteiger charge is -2.30. The molecular formula is C17H17FO2. The molecule has 1 aliphatic carbocycles. The van der Waals surface area contributed by atoms with Crippen LogP contribution in [-0.4, -0.2) is 27.4 Å². The van der Waals surface area contributed by atoms with Gasteiger partial charge < -0.3 is 9.47 Å². The summed E-state index contributed by atoms with van der Waals surface area (Å²) >= 11 is 0. The van der Waals surface area contributed by atoms with E-state index in [1.165, 1.54) is 6.07 Å². The van der Waals surface area contributed by atoms with Gasteiger partial charge in [0.05, 0.1) is 18.6 Å². The standard InChI is InChI=1S/C17H17FO2/c1-19-10-17(11-20-2)15-6-4-3-5-13(15)14-9-12(18)7-8-16(14)17/h3-9H,10-11H2,1-2H3. The van der Waals surface area contributed by atoms with Crippen molar-refractivity contribution in [3.8, 4) is 11.1 Å². The normalized spacial score (nSPS) is 14.9. The fourth-order valence-corrected chi connectivity index (χ4v) is 3.28. The summed E-state index contributed by atoms with van der Waals surface area (Å²) in [6, 6.07) is 13.0. The molecule has 0 atom stereocenters. The van der Waals surface area contributed by atoms with E-state index in [2.05, 4.69) is 6.07 Å². The van der Waals surface area contributed by atoms with E-state index < -0.39 is 0 Å². The summed E-state index contributed by atoms with van der Waals surface area (Å²) in [6.45, 7) is 1.02. The second kappa shape index (κ2) is 5.00. The van der Waals surface area contributed by atoms with Crippen molar-refractivity contribution in [2.75, 3.05) is 27.4 Å². The number of rotatable bonds is 4. The Kier molecular flexibility index (Phi) is 3.32. The van der Waals surface area contributed by atoms with Gasteiger partial charge in [0.25, 0.3) is 0 Å². The van der Waals surface area contributed by atoms with Gasteiger partial charge in [-0.25, -0.2) is 4.39 Å². The second-order valence-corrected chi connectivity index (χ2v) is 5.18. The van der Waals surface area contributed by atoms with E-state index in [0.717, 1.165) is 22.3 Å². The van der Waals surface area contributed by atoms with E-state index >= 15 is 0 Å². The Hall–Kier alpha value is -1.71. The van der Waals surface area contributed by atoms with Crippen LogP contribution in [0.2, 0.25) is 0 Å². The zero-order chi connectivity index (χ0) is 14.2. The van der Waals surface area contributed by atoms with Crippen molar-refractivity contribution in [2.45, 2.75) is 5.41 Å². The van der Waals surface area contributed by atoms with E-state index in [-0.39, 0.29) is 11.2 Å². The maximum atomic E-state index is 13.6. The molecule has 0 unspecified atom stereocenters. The van der Waals surface area contributed by atoms with Crippen LogP contribution in [-0.2, 0) is 14.9 Å². The molecule has 0 amide bonds. The highest BCUT2D eigenvalue weighted by Gasteiger charge is 2.43. The molecule has 104 valence electrons. The number of ether oxygens (including phenoxy) is 2. The molecule has 3 rings (SSSR count). The maximum absolute atomic E-state index is 13.6. The lowest BCUT2D eigenvalue weighted by molar-refractivity contribution is 0.0814. The van der Waals surface area contributed by atoms with Gasteiger partial charge in [-0.15, -0.1) is 0 Å². The van der Waals surface area contributed by atoms with Gasteiger partial charge in [-0.2, -0.15) is 0 Å². The Balaban J connectivity index is 2.30. The molecule has 0 saturated carbocycles. The van der Waals surface area contributed by atoms with Crippen LogP contribution in [0.25, 0.3) is 11.1 Å². The lowest BCUT2D eigenvalue weighted by Crippen LogP contribution is -2.35. The molecule has 0 saturated heterocycles. The van der Waals surface area contributed by atoms with E-state index in [0.29, 0.717) is 13.2 Å². The van der Waals surface area contributed by atoms with Crippen LogP contribution in [0.1, 0.15) is 11.1 Å². The maximum Gasteiger partial charge on any atom is 0.123 e. The van der Waals surface area contributed by atoms with Crippen molar-refractivity contribution in [1.29, 1.82) is 0 Å². The SMILES string of the molecule is COCC1(COC)c2ccccc2-c2cc(F)ccc21. The number of halogens is 1. The van der Waals surface area contributed by atoms with Crippen LogP contribution in [0.4, 0.5) is 4.39 Å². The van der Waals surface area contributed by atoms with Gasteiger partial charge in [0, 0.05) is 14.2 Å². The molecular weight excluding hydrogens is 255 g/mol. The summed E-state index contributed by atoms with van der Waals surface area (Å²) in [5, 5.41) is 0. The first-order chi connectivity index (χ1) is 9.73. The highest BCUT2D eigenvalue weighted by molar-refractivity contribution is 5.81. The molecule has 0 heterocycles. The average molecular weight is 272 g/mol. The Morgan fingerprint density at radius 1 is 0.900 bits per heavy atom. The van der Waals surface area contributed by atoms with E-state index in [9.17, 15) is 4.39 Å². The smallest absolute Gasteiger partial charge is 0.123 e. The average Bonchev–Trinajstić information content (AvgIpc) is 2.71. The van der Waals surface area contributed by atoms with Gasteiger partial charge in [-0.1, -0.05) is 30.3 Å². The second-order valence-electron chi connectivity index (χ2n) is 5.18. The van der Waals surface area contributed by atoms with E-state index in [4.69, 9.17) is 9.47 Å². The van der Waals surface area contributed by atoms with Crippen molar-refractivity contribution in [3.63, 3.8) is 0 Å². The molecule has 3 heteroatoms. The third-order valence-corrected chi connectivity index (χ3v) is 4.01. The van der Waals surface area contributed by atoms with Crippen molar-refractivity contribution >= 4 is 0 Å². The van der Waals surface area contributed by atoms with Gasteiger partial charge >= 0.3 is 0 Å². The zero-order valence-electron chi connectivity index (χ0n) is 11.7. The van der Waals surface area contributed by atoms with Crippen LogP contribution in [0, 0.1) is 5.82 Å². The first-order valence-corrected chi connectivity index (χ1v) is 6.61. The number of hydrogen-bond donors (Lipinski definition) is 0. The van der Waals surface area contributed by atoms with Crippen molar-refractivity contribution in [1.82, 2.24) is 0 Å². The van der Waals surface area contributed by atoms with Crippen LogP contribution in [0.15, 0.2) is 42.5 Å². The molecule has 0 N–H and O–H groups in total. The molecule has 2 aromatic carbocycles. The Morgan fingerprint density at radius 2 is 1.55 bits per heavy atom. The van der Waals surface area contributed by atoms with Crippen LogP contribution >= 0.6 is 0 Å². The van der Waals surface area contributed by atoms with E-state index in [1.54, 1.807) is 20.3 Å². The van der Waals surface area contributed by atoms with Crippen molar-refractivity contribution in [3.05, 3.63) is 59.4 Å². The summed E-state index contributed by atoms with van der Waals surface area (Å²) in [5.41, 5.74) is 3.86. The fraction of sp³-hybridized carbons (Fsp3) is 0.294. The van der Waals surface area contributed by atoms with Crippen LogP contribution < -0.4 is 0 Å². The molecule has 0 aliphatic heterocycles. The largest absolute Gasteiger partial charge is 0.383 e. The summed E-state index contributed by atoms with van der Waals surface area (Å²) in [6.07, 6.45) is 0. The number of methoxy groups -OCH3 is 2. The summed E-state index contributed by atoms with van der Waals surface area (Å²) in [4.78, 5) is 0. The molecule has 2 nitrogen and oxygen atoms in total. The first kappa shape index (κ1) is 13.3. The van der Waals surface area contributed by atoms with Crippen LogP contribution in [0.3, 0.4) is 0 Å². The summed E-state index contributed by atoms with van der Waals surface area (Å²) in [7, 11) is 3.36. The third kappa shape index (κ3) is 1.78. The zero-order valence-corrected chi connectivity index (χ0v) is 11.7. The van der Waals surface area contributed by atoms with Crippen molar-refractivity contribution in [2.24, 2.45) is 0 Å². The molecule has 0 fully saturated rings. The van der Waals surface area contributed by atoms with Gasteiger partial charge in [-0.3, -0.25) is 0 Å². The minimum Gasteiger partial charge on any atom is -0.383 e. The predicted octanol–water partition coefficient (Wildman–Crippen LogP) is 3.39. The molecule has 0 spiro atoms. The monoisotopic (exact) mass is 272 g/mol. The number of benzene rings is 2. The molecule has 2 aromatic rings. The number of hydrogen-bond acceptors (Lipinski definition) is 2. The molecule has 0 aromatic heterocycles. The summed E-state index contributed by atoms with van der Waals surface area (Å²) in [5.74, 6) is -0.218. The minimum absolute atomic E-state index is 0.218. The van der Waals surface area contributed by atoms with Gasteiger partial charge in [0.15, 0.2) is 0 Å². The van der Waals surface area contributed by atoms with Crippen LogP contribution in [0.5, 0.6) is 0 Å². The fourth-order valence-electron chi connectivity index (χ4n) is 3.28. The quantitative estimate of drug-likeness (QED) is 0.849. The molecule has 0 bridgehead atoms. The van der Waals surface area contributed by atoms with Gasteiger partial charge in [-0.05, 0) is 34.4 Å².